The van der Waals surface area contributed by atoms with Crippen molar-refractivity contribution in [2.24, 2.45) is 5.84 Å². The molecule has 0 saturated carbocycles. The van der Waals surface area contributed by atoms with Gasteiger partial charge >= 0.3 is 0 Å². The molecule has 0 atom stereocenters. The smallest absolute Gasteiger partial charge is 0.293 e. The standard InChI is InChI=1S/C13H12FN3O2S/c14-10-3-1-2-4-13(10)20-8-9-5-6-12(17(18)19)11(7-9)16-15/h1-7,16H,8,15H2. The third-order valence-electron chi connectivity index (χ3n) is 2.64. The van der Waals surface area contributed by atoms with Crippen LogP contribution < -0.4 is 11.3 Å². The first-order chi connectivity index (χ1) is 9.61. The molecule has 0 aliphatic carbocycles. The SMILES string of the molecule is NNc1cc(CSc2ccccc2F)ccc1[N+](=O)[O-]. The van der Waals surface area contributed by atoms with Crippen molar-refractivity contribution in [3.05, 3.63) is 64.0 Å². The van der Waals surface area contributed by atoms with Gasteiger partial charge in [0.2, 0.25) is 0 Å². The topological polar surface area (TPSA) is 81.2 Å². The average molecular weight is 293 g/mol. The number of nitro groups is 1. The van der Waals surface area contributed by atoms with Gasteiger partial charge in [-0.2, -0.15) is 0 Å². The summed E-state index contributed by atoms with van der Waals surface area (Å²) in [5.41, 5.74) is 3.27. The second-order valence-electron chi connectivity index (χ2n) is 3.97. The van der Waals surface area contributed by atoms with E-state index in [1.54, 1.807) is 30.3 Å². The molecule has 2 rings (SSSR count). The summed E-state index contributed by atoms with van der Waals surface area (Å²) >= 11 is 1.32. The summed E-state index contributed by atoms with van der Waals surface area (Å²) in [7, 11) is 0. The molecule has 0 radical (unpaired) electrons. The predicted molar refractivity (Wildman–Crippen MR) is 76.9 cm³/mol. The van der Waals surface area contributed by atoms with Crippen molar-refractivity contribution >= 4 is 23.1 Å². The number of halogens is 1. The molecule has 0 spiro atoms. The second kappa shape index (κ2) is 6.36. The van der Waals surface area contributed by atoms with Crippen LogP contribution in [0.4, 0.5) is 15.8 Å². The van der Waals surface area contributed by atoms with Crippen LogP contribution in [0.2, 0.25) is 0 Å². The highest BCUT2D eigenvalue weighted by Gasteiger charge is 2.13. The van der Waals surface area contributed by atoms with Gasteiger partial charge in [0.05, 0.1) is 4.92 Å². The van der Waals surface area contributed by atoms with Crippen molar-refractivity contribution in [3.8, 4) is 0 Å². The Morgan fingerprint density at radius 2 is 2.05 bits per heavy atom. The molecular formula is C13H12FN3O2S. The van der Waals surface area contributed by atoms with Crippen LogP contribution in [0, 0.1) is 15.9 Å². The minimum absolute atomic E-state index is 0.0906. The Kier molecular flexibility index (Phi) is 4.54. The first-order valence-corrected chi connectivity index (χ1v) is 6.71. The number of nitrogens with zero attached hydrogens (tertiary/aromatic N) is 1. The van der Waals surface area contributed by atoms with Crippen molar-refractivity contribution < 1.29 is 9.31 Å². The Hall–Kier alpha value is -2.12. The zero-order valence-electron chi connectivity index (χ0n) is 10.4. The van der Waals surface area contributed by atoms with Crippen LogP contribution in [-0.2, 0) is 5.75 Å². The fraction of sp³-hybridized carbons (Fsp3) is 0.0769. The maximum atomic E-state index is 13.5. The van der Waals surface area contributed by atoms with E-state index in [0.29, 0.717) is 10.6 Å². The first kappa shape index (κ1) is 14.3. The van der Waals surface area contributed by atoms with Gasteiger partial charge < -0.3 is 5.43 Å². The molecule has 0 aromatic heterocycles. The van der Waals surface area contributed by atoms with Gasteiger partial charge in [-0.05, 0) is 23.8 Å². The van der Waals surface area contributed by atoms with E-state index in [1.165, 1.54) is 23.9 Å². The molecule has 0 bridgehead atoms. The summed E-state index contributed by atoms with van der Waals surface area (Å²) in [4.78, 5) is 10.8. The minimum atomic E-state index is -0.511. The number of benzene rings is 2. The van der Waals surface area contributed by atoms with Gasteiger partial charge in [0.25, 0.3) is 5.69 Å². The van der Waals surface area contributed by atoms with Crippen LogP contribution in [0.1, 0.15) is 5.56 Å². The van der Waals surface area contributed by atoms with Gasteiger partial charge in [0.15, 0.2) is 0 Å². The molecule has 3 N–H and O–H groups in total. The lowest BCUT2D eigenvalue weighted by molar-refractivity contribution is -0.384. The zero-order valence-corrected chi connectivity index (χ0v) is 11.2. The maximum absolute atomic E-state index is 13.5. The quantitative estimate of drug-likeness (QED) is 0.382. The van der Waals surface area contributed by atoms with Gasteiger partial charge in [-0.1, -0.05) is 18.2 Å². The Morgan fingerprint density at radius 1 is 1.30 bits per heavy atom. The molecule has 5 nitrogen and oxygen atoms in total. The van der Waals surface area contributed by atoms with E-state index >= 15 is 0 Å². The van der Waals surface area contributed by atoms with E-state index in [1.807, 2.05) is 0 Å². The maximum Gasteiger partial charge on any atom is 0.293 e. The summed E-state index contributed by atoms with van der Waals surface area (Å²) in [6, 6.07) is 11.1. The summed E-state index contributed by atoms with van der Waals surface area (Å²) in [6.07, 6.45) is 0. The number of thioether (sulfide) groups is 1. The number of anilines is 1. The van der Waals surface area contributed by atoms with E-state index in [9.17, 15) is 14.5 Å². The van der Waals surface area contributed by atoms with Gasteiger partial charge in [-0.25, -0.2) is 4.39 Å². The number of nitrogens with one attached hydrogen (secondary N) is 1. The predicted octanol–water partition coefficient (Wildman–Crippen LogP) is 3.31. The molecule has 0 amide bonds. The van der Waals surface area contributed by atoms with Crippen LogP contribution in [0.3, 0.4) is 0 Å². The fourth-order valence-electron chi connectivity index (χ4n) is 1.67. The molecule has 0 heterocycles. The highest BCUT2D eigenvalue weighted by atomic mass is 32.2. The molecule has 0 saturated heterocycles. The third-order valence-corrected chi connectivity index (χ3v) is 3.76. The normalized spacial score (nSPS) is 10.3. The van der Waals surface area contributed by atoms with Crippen LogP contribution in [0.15, 0.2) is 47.4 Å². The Labute approximate surface area is 119 Å². The third kappa shape index (κ3) is 3.25. The number of hydrogen-bond acceptors (Lipinski definition) is 5. The lowest BCUT2D eigenvalue weighted by atomic mass is 10.2. The summed E-state index contributed by atoms with van der Waals surface area (Å²) in [6.45, 7) is 0. The van der Waals surface area contributed by atoms with E-state index in [4.69, 9.17) is 5.84 Å². The highest BCUT2D eigenvalue weighted by molar-refractivity contribution is 7.98. The van der Waals surface area contributed by atoms with Crippen molar-refractivity contribution in [3.63, 3.8) is 0 Å². The van der Waals surface area contributed by atoms with Gasteiger partial charge in [-0.15, -0.1) is 11.8 Å². The number of nitrogen functional groups attached to an aromatic ring is 1. The van der Waals surface area contributed by atoms with Crippen molar-refractivity contribution in [1.82, 2.24) is 0 Å². The largest absolute Gasteiger partial charge is 0.318 e. The molecule has 104 valence electrons. The van der Waals surface area contributed by atoms with Crippen molar-refractivity contribution in [2.45, 2.75) is 10.6 Å². The molecule has 7 heteroatoms. The molecular weight excluding hydrogens is 281 g/mol. The van der Waals surface area contributed by atoms with Crippen LogP contribution in [0.25, 0.3) is 0 Å². The fourth-order valence-corrected chi connectivity index (χ4v) is 2.55. The van der Waals surface area contributed by atoms with Gasteiger partial charge in [0, 0.05) is 16.7 Å². The summed E-state index contributed by atoms with van der Waals surface area (Å²) in [5.74, 6) is 5.48. The van der Waals surface area contributed by atoms with E-state index in [-0.39, 0.29) is 17.2 Å². The molecule has 20 heavy (non-hydrogen) atoms. The number of nitro benzene ring substituents is 1. The van der Waals surface area contributed by atoms with Crippen LogP contribution in [0.5, 0.6) is 0 Å². The number of nitrogens with two attached hydrogens (primary N) is 1. The Bertz CT molecular complexity index is 637. The van der Waals surface area contributed by atoms with E-state index in [2.05, 4.69) is 5.43 Å². The Balaban J connectivity index is 2.15. The van der Waals surface area contributed by atoms with Crippen molar-refractivity contribution in [1.29, 1.82) is 0 Å². The molecule has 0 aliphatic heterocycles. The molecule has 2 aromatic carbocycles. The number of rotatable bonds is 5. The van der Waals surface area contributed by atoms with E-state index in [0.717, 1.165) is 5.56 Å². The summed E-state index contributed by atoms with van der Waals surface area (Å²) < 4.78 is 13.5. The van der Waals surface area contributed by atoms with Gasteiger partial charge in [-0.3, -0.25) is 16.0 Å². The zero-order chi connectivity index (χ0) is 14.5. The first-order valence-electron chi connectivity index (χ1n) is 5.73. The molecule has 0 aliphatic rings. The van der Waals surface area contributed by atoms with Crippen LogP contribution in [-0.4, -0.2) is 4.92 Å². The summed E-state index contributed by atoms with van der Waals surface area (Å²) in [5, 5.41) is 10.8. The molecule has 0 unspecified atom stereocenters. The van der Waals surface area contributed by atoms with Crippen molar-refractivity contribution in [2.75, 3.05) is 5.43 Å². The second-order valence-corrected chi connectivity index (χ2v) is 4.99. The number of hydrazine groups is 1. The monoisotopic (exact) mass is 293 g/mol. The number of hydrogen-bond donors (Lipinski definition) is 2. The lowest BCUT2D eigenvalue weighted by Gasteiger charge is -2.06. The van der Waals surface area contributed by atoms with Crippen LogP contribution >= 0.6 is 11.8 Å². The molecule has 2 aromatic rings. The Morgan fingerprint density at radius 3 is 2.70 bits per heavy atom. The van der Waals surface area contributed by atoms with Gasteiger partial charge in [0.1, 0.15) is 11.5 Å². The minimum Gasteiger partial charge on any atom is -0.318 e. The van der Waals surface area contributed by atoms with E-state index < -0.39 is 4.92 Å². The average Bonchev–Trinajstić information content (AvgIpc) is 2.46. The molecule has 0 fully saturated rings. The highest BCUT2D eigenvalue weighted by Crippen LogP contribution is 2.29. The lowest BCUT2D eigenvalue weighted by Crippen LogP contribution is -2.09.